The molecule has 1 aliphatic carbocycles. The number of hydrogen-bond acceptors (Lipinski definition) is 4. The van der Waals surface area contributed by atoms with Crippen LogP contribution < -0.4 is 5.73 Å². The van der Waals surface area contributed by atoms with E-state index in [2.05, 4.69) is 20.8 Å². The molecule has 1 aromatic rings. The number of anilines is 1. The van der Waals surface area contributed by atoms with Crippen LogP contribution in [-0.4, -0.2) is 36.0 Å². The number of hydrogen-bond donors (Lipinski definition) is 1. The molecule has 3 rings (SSSR count). The van der Waals surface area contributed by atoms with Gasteiger partial charge in [-0.2, -0.15) is 0 Å². The molecule has 1 heterocycles. The Balaban J connectivity index is 1.61. The first-order chi connectivity index (χ1) is 11.6. The lowest BCUT2D eigenvalue weighted by Gasteiger charge is -2.39. The van der Waals surface area contributed by atoms with Crippen molar-refractivity contribution in [1.82, 2.24) is 4.90 Å². The molecule has 0 radical (unpaired) electrons. The number of likely N-dealkylation sites (tertiary alicyclic amines) is 1. The number of benzene rings is 1. The first-order valence-corrected chi connectivity index (χ1v) is 8.98. The van der Waals surface area contributed by atoms with Crippen LogP contribution in [0.25, 0.3) is 0 Å². The van der Waals surface area contributed by atoms with Gasteiger partial charge in [-0.1, -0.05) is 32.4 Å². The molecule has 2 bridgehead atoms. The third kappa shape index (κ3) is 3.76. The van der Waals surface area contributed by atoms with E-state index in [1.165, 1.54) is 12.1 Å². The molecule has 2 atom stereocenters. The van der Waals surface area contributed by atoms with E-state index in [1.54, 1.807) is 6.07 Å². The number of ether oxygens (including phenoxy) is 1. The molecule has 1 aliphatic heterocycles. The van der Waals surface area contributed by atoms with Gasteiger partial charge in [0.1, 0.15) is 0 Å². The summed E-state index contributed by atoms with van der Waals surface area (Å²) in [6, 6.07) is 4.78. The van der Waals surface area contributed by atoms with Crippen molar-refractivity contribution in [2.45, 2.75) is 46.1 Å². The number of rotatable bonds is 3. The third-order valence-electron chi connectivity index (χ3n) is 5.29. The van der Waals surface area contributed by atoms with Crippen molar-refractivity contribution >= 4 is 29.2 Å². The van der Waals surface area contributed by atoms with Gasteiger partial charge < -0.3 is 15.4 Å². The first kappa shape index (κ1) is 18.1. The molecule has 0 unspecified atom stereocenters. The summed E-state index contributed by atoms with van der Waals surface area (Å²) in [4.78, 5) is 26.6. The molecule has 2 N–H and O–H groups in total. The van der Waals surface area contributed by atoms with E-state index >= 15 is 0 Å². The SMILES string of the molecule is CC1(C)C[C@@H]2C[C@@](C)(CN2C(=O)COC(=O)c2ccc(Cl)c(N)c2)C1. The van der Waals surface area contributed by atoms with E-state index in [-0.39, 0.29) is 29.4 Å². The van der Waals surface area contributed by atoms with Crippen LogP contribution in [0.5, 0.6) is 0 Å². The lowest BCUT2D eigenvalue weighted by atomic mass is 9.65. The van der Waals surface area contributed by atoms with Gasteiger partial charge in [-0.15, -0.1) is 0 Å². The van der Waals surface area contributed by atoms with Crippen LogP contribution in [0, 0.1) is 10.8 Å². The van der Waals surface area contributed by atoms with Gasteiger partial charge in [-0.05, 0) is 48.3 Å². The van der Waals surface area contributed by atoms with Gasteiger partial charge in [-0.25, -0.2) is 4.79 Å². The average Bonchev–Trinajstić information content (AvgIpc) is 2.76. The molecule has 1 saturated carbocycles. The second-order valence-electron chi connectivity index (χ2n) is 8.55. The van der Waals surface area contributed by atoms with Crippen molar-refractivity contribution in [1.29, 1.82) is 0 Å². The van der Waals surface area contributed by atoms with Crippen LogP contribution >= 0.6 is 11.6 Å². The number of nitrogens with two attached hydrogens (primary N) is 1. The van der Waals surface area contributed by atoms with Crippen molar-refractivity contribution in [3.63, 3.8) is 0 Å². The second kappa shape index (κ2) is 6.20. The van der Waals surface area contributed by atoms with E-state index in [9.17, 15) is 9.59 Å². The zero-order valence-electron chi connectivity index (χ0n) is 15.0. The number of esters is 1. The maximum atomic E-state index is 12.6. The lowest BCUT2D eigenvalue weighted by Crippen LogP contribution is -2.39. The Kier molecular flexibility index (Phi) is 4.48. The van der Waals surface area contributed by atoms with Gasteiger partial charge in [0, 0.05) is 12.6 Å². The van der Waals surface area contributed by atoms with Gasteiger partial charge in [0.25, 0.3) is 5.91 Å². The molecule has 6 heteroatoms. The summed E-state index contributed by atoms with van der Waals surface area (Å²) in [7, 11) is 0. The lowest BCUT2D eigenvalue weighted by molar-refractivity contribution is -0.135. The molecule has 0 aromatic heterocycles. The summed E-state index contributed by atoms with van der Waals surface area (Å²) < 4.78 is 5.20. The highest BCUT2D eigenvalue weighted by Gasteiger charge is 2.50. The summed E-state index contributed by atoms with van der Waals surface area (Å²) in [5, 5.41) is 0.382. The molecule has 25 heavy (non-hydrogen) atoms. The number of carbonyl (C=O) groups excluding carboxylic acids is 2. The van der Waals surface area contributed by atoms with Crippen LogP contribution in [-0.2, 0) is 9.53 Å². The number of nitrogen functional groups attached to an aromatic ring is 1. The minimum atomic E-state index is -0.564. The summed E-state index contributed by atoms with van der Waals surface area (Å²) in [6.07, 6.45) is 3.14. The fourth-order valence-electron chi connectivity index (χ4n) is 4.72. The molecule has 1 amide bonds. The zero-order chi connectivity index (χ0) is 18.4. The maximum Gasteiger partial charge on any atom is 0.338 e. The van der Waals surface area contributed by atoms with E-state index in [0.29, 0.717) is 16.3 Å². The number of nitrogens with zero attached hydrogens (tertiary/aromatic N) is 1. The minimum Gasteiger partial charge on any atom is -0.452 e. The smallest absolute Gasteiger partial charge is 0.338 e. The Morgan fingerprint density at radius 2 is 2.04 bits per heavy atom. The van der Waals surface area contributed by atoms with E-state index in [0.717, 1.165) is 25.8 Å². The fourth-order valence-corrected chi connectivity index (χ4v) is 4.83. The van der Waals surface area contributed by atoms with E-state index in [4.69, 9.17) is 22.1 Å². The number of fused-ring (bicyclic) bond motifs is 2. The summed E-state index contributed by atoms with van der Waals surface area (Å²) in [5.41, 5.74) is 6.71. The molecule has 1 aromatic carbocycles. The van der Waals surface area contributed by atoms with Gasteiger partial charge in [0.15, 0.2) is 6.61 Å². The number of halogens is 1. The Labute approximate surface area is 153 Å². The monoisotopic (exact) mass is 364 g/mol. The quantitative estimate of drug-likeness (QED) is 0.658. The molecule has 136 valence electrons. The normalized spacial score (nSPS) is 27.2. The highest BCUT2D eigenvalue weighted by Crippen LogP contribution is 2.52. The summed E-state index contributed by atoms with van der Waals surface area (Å²) in [6.45, 7) is 7.27. The van der Waals surface area contributed by atoms with Crippen molar-refractivity contribution in [3.8, 4) is 0 Å². The first-order valence-electron chi connectivity index (χ1n) is 8.60. The van der Waals surface area contributed by atoms with Crippen LogP contribution in [0.4, 0.5) is 5.69 Å². The van der Waals surface area contributed by atoms with Crippen LogP contribution in [0.2, 0.25) is 5.02 Å². The largest absolute Gasteiger partial charge is 0.452 e. The average molecular weight is 365 g/mol. The van der Waals surface area contributed by atoms with Crippen molar-refractivity contribution < 1.29 is 14.3 Å². The maximum absolute atomic E-state index is 12.6. The summed E-state index contributed by atoms with van der Waals surface area (Å²) >= 11 is 5.85. The van der Waals surface area contributed by atoms with Crippen molar-refractivity contribution in [3.05, 3.63) is 28.8 Å². The molecule has 2 aliphatic rings. The van der Waals surface area contributed by atoms with E-state index < -0.39 is 5.97 Å². The van der Waals surface area contributed by atoms with Gasteiger partial charge in [0.2, 0.25) is 0 Å². The molecule has 0 spiro atoms. The molecule has 2 fully saturated rings. The van der Waals surface area contributed by atoms with E-state index in [1.807, 2.05) is 4.90 Å². The third-order valence-corrected chi connectivity index (χ3v) is 5.64. The molecule has 5 nitrogen and oxygen atoms in total. The Hall–Kier alpha value is -1.75. The Morgan fingerprint density at radius 1 is 1.32 bits per heavy atom. The zero-order valence-corrected chi connectivity index (χ0v) is 15.7. The topological polar surface area (TPSA) is 72.6 Å². The van der Waals surface area contributed by atoms with Crippen LogP contribution in [0.1, 0.15) is 50.4 Å². The minimum absolute atomic E-state index is 0.123. The van der Waals surface area contributed by atoms with Crippen molar-refractivity contribution in [2.75, 3.05) is 18.9 Å². The second-order valence-corrected chi connectivity index (χ2v) is 8.95. The standard InChI is InChI=1S/C19H25ClN2O3/c1-18(2)7-13-8-19(3,10-18)11-22(13)16(23)9-25-17(24)12-4-5-14(20)15(21)6-12/h4-6,13H,7-11,21H2,1-3H3/t13-,19-/m1/s1. The Morgan fingerprint density at radius 3 is 2.72 bits per heavy atom. The molecule has 1 saturated heterocycles. The van der Waals surface area contributed by atoms with Crippen molar-refractivity contribution in [2.24, 2.45) is 10.8 Å². The predicted molar refractivity (Wildman–Crippen MR) is 97.4 cm³/mol. The highest BCUT2D eigenvalue weighted by molar-refractivity contribution is 6.33. The number of carbonyl (C=O) groups is 2. The Bertz CT molecular complexity index is 719. The molecular formula is C19H25ClN2O3. The van der Waals surface area contributed by atoms with Crippen LogP contribution in [0.15, 0.2) is 18.2 Å². The predicted octanol–water partition coefficient (Wildman–Crippen LogP) is 3.51. The van der Waals surface area contributed by atoms with Crippen LogP contribution in [0.3, 0.4) is 0 Å². The van der Waals surface area contributed by atoms with Gasteiger partial charge in [0.05, 0.1) is 16.3 Å². The fraction of sp³-hybridized carbons (Fsp3) is 0.579. The summed E-state index contributed by atoms with van der Waals surface area (Å²) in [5.74, 6) is -0.688. The molecular weight excluding hydrogens is 340 g/mol. The highest BCUT2D eigenvalue weighted by atomic mass is 35.5. The van der Waals surface area contributed by atoms with Gasteiger partial charge in [-0.3, -0.25) is 4.79 Å². The van der Waals surface area contributed by atoms with Gasteiger partial charge >= 0.3 is 5.97 Å². The number of amides is 1.